The fourth-order valence-electron chi connectivity index (χ4n) is 2.25. The number of hydrogen-bond acceptors (Lipinski definition) is 3. The van der Waals surface area contributed by atoms with Gasteiger partial charge in [-0.05, 0) is 60.9 Å². The molecule has 0 radical (unpaired) electrons. The lowest BCUT2D eigenvalue weighted by Crippen LogP contribution is -2.40. The van der Waals surface area contributed by atoms with E-state index in [1.807, 2.05) is 0 Å². The minimum atomic E-state index is -0.479. The first kappa shape index (κ1) is 18.7. The lowest BCUT2D eigenvalue weighted by Gasteiger charge is -2.05. The molecular formula is C20H18ClN3O3. The van der Waals surface area contributed by atoms with Crippen molar-refractivity contribution in [3.63, 3.8) is 0 Å². The molecule has 1 saturated carbocycles. The van der Waals surface area contributed by atoms with E-state index in [9.17, 15) is 14.4 Å². The van der Waals surface area contributed by atoms with Crippen LogP contribution in [0.25, 0.3) is 6.08 Å². The highest BCUT2D eigenvalue weighted by Crippen LogP contribution is 2.19. The monoisotopic (exact) mass is 383 g/mol. The summed E-state index contributed by atoms with van der Waals surface area (Å²) in [6, 6.07) is 13.5. The summed E-state index contributed by atoms with van der Waals surface area (Å²) < 4.78 is 0. The van der Waals surface area contributed by atoms with Crippen LogP contribution in [0.5, 0.6) is 0 Å². The van der Waals surface area contributed by atoms with Crippen LogP contribution in [0.4, 0.5) is 0 Å². The normalized spacial score (nSPS) is 13.2. The number of halogens is 1. The lowest BCUT2D eigenvalue weighted by atomic mass is 10.1. The second-order valence-corrected chi connectivity index (χ2v) is 6.59. The van der Waals surface area contributed by atoms with Crippen LogP contribution in [0.2, 0.25) is 5.02 Å². The Labute approximate surface area is 161 Å². The molecule has 0 saturated heterocycles. The molecule has 7 heteroatoms. The Balaban J connectivity index is 1.48. The maximum absolute atomic E-state index is 11.9. The Kier molecular flexibility index (Phi) is 5.88. The molecular weight excluding hydrogens is 366 g/mol. The SMILES string of the molecule is O=C(/C=C/c1ccc(C(=O)NC2CC2)cc1)NNC(=O)c1ccc(Cl)cc1. The van der Waals surface area contributed by atoms with Crippen LogP contribution in [0.1, 0.15) is 39.1 Å². The van der Waals surface area contributed by atoms with Crippen LogP contribution >= 0.6 is 11.6 Å². The predicted molar refractivity (Wildman–Crippen MR) is 103 cm³/mol. The molecule has 2 aromatic rings. The summed E-state index contributed by atoms with van der Waals surface area (Å²) in [5.74, 6) is -1.01. The van der Waals surface area contributed by atoms with Gasteiger partial charge in [-0.1, -0.05) is 23.7 Å². The number of hydrogen-bond donors (Lipinski definition) is 3. The molecule has 3 amide bonds. The third-order valence-corrected chi connectivity index (χ3v) is 4.17. The van der Waals surface area contributed by atoms with Crippen LogP contribution in [0.15, 0.2) is 54.6 Å². The van der Waals surface area contributed by atoms with Crippen molar-refractivity contribution in [1.29, 1.82) is 0 Å². The molecule has 0 aromatic heterocycles. The average molecular weight is 384 g/mol. The Hall–Kier alpha value is -3.12. The van der Waals surface area contributed by atoms with Crippen LogP contribution in [-0.4, -0.2) is 23.8 Å². The number of hydrazine groups is 1. The minimum absolute atomic E-state index is 0.0873. The molecule has 138 valence electrons. The summed E-state index contributed by atoms with van der Waals surface area (Å²) in [4.78, 5) is 35.6. The number of carbonyl (C=O) groups is 3. The molecule has 0 atom stereocenters. The van der Waals surface area contributed by atoms with E-state index in [0.717, 1.165) is 18.4 Å². The summed E-state index contributed by atoms with van der Waals surface area (Å²) >= 11 is 5.76. The van der Waals surface area contributed by atoms with E-state index < -0.39 is 11.8 Å². The van der Waals surface area contributed by atoms with Crippen molar-refractivity contribution in [3.05, 3.63) is 76.3 Å². The van der Waals surface area contributed by atoms with Crippen LogP contribution in [0.3, 0.4) is 0 Å². The molecule has 3 rings (SSSR count). The van der Waals surface area contributed by atoms with Gasteiger partial charge in [0, 0.05) is 28.3 Å². The maximum atomic E-state index is 11.9. The van der Waals surface area contributed by atoms with Crippen molar-refractivity contribution in [2.24, 2.45) is 0 Å². The predicted octanol–water partition coefficient (Wildman–Crippen LogP) is 2.71. The summed E-state index contributed by atoms with van der Waals surface area (Å²) in [5, 5.41) is 3.44. The number of carbonyl (C=O) groups excluding carboxylic acids is 3. The summed E-state index contributed by atoms with van der Waals surface area (Å²) in [7, 11) is 0. The largest absolute Gasteiger partial charge is 0.349 e. The molecule has 1 aliphatic rings. The first-order chi connectivity index (χ1) is 13.0. The van der Waals surface area contributed by atoms with Gasteiger partial charge in [0.05, 0.1) is 0 Å². The van der Waals surface area contributed by atoms with E-state index in [4.69, 9.17) is 11.6 Å². The molecule has 6 nitrogen and oxygen atoms in total. The molecule has 2 aromatic carbocycles. The Morgan fingerprint density at radius 3 is 2.07 bits per heavy atom. The lowest BCUT2D eigenvalue weighted by molar-refractivity contribution is -0.117. The third-order valence-electron chi connectivity index (χ3n) is 3.92. The highest BCUT2D eigenvalue weighted by Gasteiger charge is 2.23. The average Bonchev–Trinajstić information content (AvgIpc) is 3.49. The maximum Gasteiger partial charge on any atom is 0.269 e. The van der Waals surface area contributed by atoms with E-state index >= 15 is 0 Å². The molecule has 3 N–H and O–H groups in total. The quantitative estimate of drug-likeness (QED) is 0.548. The summed E-state index contributed by atoms with van der Waals surface area (Å²) in [5.41, 5.74) is 6.34. The first-order valence-corrected chi connectivity index (χ1v) is 8.84. The van der Waals surface area contributed by atoms with Gasteiger partial charge in [-0.3, -0.25) is 25.2 Å². The minimum Gasteiger partial charge on any atom is -0.349 e. The van der Waals surface area contributed by atoms with E-state index in [0.29, 0.717) is 22.2 Å². The zero-order valence-corrected chi connectivity index (χ0v) is 15.1. The van der Waals surface area contributed by atoms with Gasteiger partial charge in [0.15, 0.2) is 0 Å². The molecule has 0 bridgehead atoms. The Morgan fingerprint density at radius 1 is 0.852 bits per heavy atom. The van der Waals surface area contributed by atoms with Gasteiger partial charge in [-0.25, -0.2) is 0 Å². The van der Waals surface area contributed by atoms with Gasteiger partial charge in [-0.15, -0.1) is 0 Å². The van der Waals surface area contributed by atoms with E-state index in [-0.39, 0.29) is 5.91 Å². The highest BCUT2D eigenvalue weighted by molar-refractivity contribution is 6.30. The summed E-state index contributed by atoms with van der Waals surface area (Å²) in [6.45, 7) is 0. The van der Waals surface area contributed by atoms with Crippen molar-refractivity contribution in [3.8, 4) is 0 Å². The van der Waals surface area contributed by atoms with Crippen LogP contribution < -0.4 is 16.2 Å². The standard InChI is InChI=1S/C20H18ClN3O3/c21-16-8-6-15(7-9-16)20(27)24-23-18(25)12-3-13-1-4-14(5-2-13)19(26)22-17-10-11-17/h1-9,12,17H,10-11H2,(H,22,26)(H,23,25)(H,24,27)/b12-3+. The Bertz CT molecular complexity index is 872. The fraction of sp³-hybridized carbons (Fsp3) is 0.150. The number of rotatable bonds is 5. The van der Waals surface area contributed by atoms with Gasteiger partial charge in [0.1, 0.15) is 0 Å². The van der Waals surface area contributed by atoms with Crippen molar-refractivity contribution in [2.45, 2.75) is 18.9 Å². The van der Waals surface area contributed by atoms with Crippen LogP contribution in [-0.2, 0) is 4.79 Å². The van der Waals surface area contributed by atoms with Gasteiger partial charge in [-0.2, -0.15) is 0 Å². The zero-order valence-electron chi connectivity index (χ0n) is 14.4. The molecule has 0 aliphatic heterocycles. The number of nitrogens with one attached hydrogen (secondary N) is 3. The smallest absolute Gasteiger partial charge is 0.269 e. The van der Waals surface area contributed by atoms with Crippen molar-refractivity contribution >= 4 is 35.4 Å². The van der Waals surface area contributed by atoms with Gasteiger partial charge in [0.25, 0.3) is 17.7 Å². The molecule has 27 heavy (non-hydrogen) atoms. The van der Waals surface area contributed by atoms with E-state index in [1.165, 1.54) is 6.08 Å². The van der Waals surface area contributed by atoms with E-state index in [2.05, 4.69) is 16.2 Å². The van der Waals surface area contributed by atoms with Gasteiger partial charge >= 0.3 is 0 Å². The van der Waals surface area contributed by atoms with Crippen molar-refractivity contribution < 1.29 is 14.4 Å². The van der Waals surface area contributed by atoms with Gasteiger partial charge in [0.2, 0.25) is 0 Å². The van der Waals surface area contributed by atoms with Gasteiger partial charge < -0.3 is 5.32 Å². The number of amides is 3. The van der Waals surface area contributed by atoms with E-state index in [1.54, 1.807) is 54.6 Å². The van der Waals surface area contributed by atoms with Crippen molar-refractivity contribution in [2.75, 3.05) is 0 Å². The van der Waals surface area contributed by atoms with Crippen LogP contribution in [0, 0.1) is 0 Å². The summed E-state index contributed by atoms with van der Waals surface area (Å²) in [6.07, 6.45) is 4.96. The molecule has 1 aliphatic carbocycles. The Morgan fingerprint density at radius 2 is 1.44 bits per heavy atom. The highest BCUT2D eigenvalue weighted by atomic mass is 35.5. The second-order valence-electron chi connectivity index (χ2n) is 6.15. The second kappa shape index (κ2) is 8.51. The molecule has 0 spiro atoms. The topological polar surface area (TPSA) is 87.3 Å². The molecule has 0 heterocycles. The number of benzene rings is 2. The molecule has 1 fully saturated rings. The van der Waals surface area contributed by atoms with Crippen molar-refractivity contribution in [1.82, 2.24) is 16.2 Å². The third kappa shape index (κ3) is 5.69. The zero-order chi connectivity index (χ0) is 19.2. The molecule has 0 unspecified atom stereocenters. The first-order valence-electron chi connectivity index (χ1n) is 8.46. The fourth-order valence-corrected chi connectivity index (χ4v) is 2.37.